The van der Waals surface area contributed by atoms with Gasteiger partial charge in [0, 0.05) is 5.92 Å². The van der Waals surface area contributed by atoms with Crippen LogP contribution >= 0.6 is 0 Å². The van der Waals surface area contributed by atoms with Crippen molar-refractivity contribution >= 4 is 11.8 Å². The second kappa shape index (κ2) is 6.78. The molecule has 1 atom stereocenters. The van der Waals surface area contributed by atoms with E-state index < -0.39 is 12.6 Å². The molecule has 1 aromatic rings. The number of benzene rings is 1. The highest BCUT2D eigenvalue weighted by Crippen LogP contribution is 2.27. The van der Waals surface area contributed by atoms with Crippen molar-refractivity contribution in [3.63, 3.8) is 0 Å². The molecule has 5 heteroatoms. The monoisotopic (exact) mass is 266 g/mol. The number of carboxylic acid groups (broad SMARTS) is 1. The average Bonchev–Trinajstić information content (AvgIpc) is 2.35. The van der Waals surface area contributed by atoms with Crippen LogP contribution in [0, 0.1) is 5.92 Å². The lowest BCUT2D eigenvalue weighted by atomic mass is 9.98. The van der Waals surface area contributed by atoms with Crippen LogP contribution in [0.3, 0.4) is 0 Å². The fraction of sp³-hybridized carbons (Fsp3) is 0.429. The molecular formula is C14H18O5. The van der Waals surface area contributed by atoms with Crippen LogP contribution in [-0.4, -0.2) is 28.6 Å². The van der Waals surface area contributed by atoms with Crippen LogP contribution in [-0.2, 0) is 16.0 Å². The molecule has 19 heavy (non-hydrogen) atoms. The maximum absolute atomic E-state index is 11.1. The summed E-state index contributed by atoms with van der Waals surface area (Å²) in [5, 5.41) is 18.1. The van der Waals surface area contributed by atoms with Crippen molar-refractivity contribution in [1.82, 2.24) is 0 Å². The first-order valence-corrected chi connectivity index (χ1v) is 6.07. The lowest BCUT2D eigenvalue weighted by Gasteiger charge is -2.10. The number of carbonyl (C=O) groups excluding carboxylic acids is 1. The molecular weight excluding hydrogens is 248 g/mol. The summed E-state index contributed by atoms with van der Waals surface area (Å²) in [6, 6.07) is 4.80. The van der Waals surface area contributed by atoms with E-state index in [-0.39, 0.29) is 23.2 Å². The molecule has 0 saturated carbocycles. The third kappa shape index (κ3) is 4.99. The molecule has 0 aliphatic carbocycles. The van der Waals surface area contributed by atoms with Gasteiger partial charge >= 0.3 is 5.97 Å². The van der Waals surface area contributed by atoms with Crippen molar-refractivity contribution in [2.75, 3.05) is 6.61 Å². The lowest BCUT2D eigenvalue weighted by Crippen LogP contribution is -2.10. The number of ketones is 1. The molecule has 0 aliphatic rings. The molecule has 1 rings (SSSR count). The summed E-state index contributed by atoms with van der Waals surface area (Å²) in [7, 11) is 0. The van der Waals surface area contributed by atoms with E-state index in [9.17, 15) is 14.7 Å². The Morgan fingerprint density at radius 2 is 2.05 bits per heavy atom. The predicted octanol–water partition coefficient (Wildman–Crippen LogP) is 2.01. The third-order valence-corrected chi connectivity index (χ3v) is 2.94. The van der Waals surface area contributed by atoms with Crippen molar-refractivity contribution in [2.45, 2.75) is 26.7 Å². The Bertz CT molecular complexity index is 467. The topological polar surface area (TPSA) is 83.8 Å². The van der Waals surface area contributed by atoms with Gasteiger partial charge in [0.2, 0.25) is 0 Å². The highest BCUT2D eigenvalue weighted by Gasteiger charge is 2.10. The summed E-state index contributed by atoms with van der Waals surface area (Å²) >= 11 is 0. The second-order valence-electron chi connectivity index (χ2n) is 4.53. The van der Waals surface area contributed by atoms with Gasteiger partial charge in [0.05, 0.1) is 0 Å². The zero-order chi connectivity index (χ0) is 14.4. The predicted molar refractivity (Wildman–Crippen MR) is 69.4 cm³/mol. The SMILES string of the molecule is CC(=O)[C@@H](C)CCc1ccc(O)c(OCC(=O)O)c1. The Hall–Kier alpha value is -2.04. The van der Waals surface area contributed by atoms with E-state index in [1.807, 2.05) is 6.92 Å². The minimum absolute atomic E-state index is 0.0165. The van der Waals surface area contributed by atoms with Gasteiger partial charge < -0.3 is 14.9 Å². The van der Waals surface area contributed by atoms with E-state index in [0.717, 1.165) is 5.56 Å². The minimum Gasteiger partial charge on any atom is -0.504 e. The zero-order valence-corrected chi connectivity index (χ0v) is 11.0. The number of ether oxygens (including phenoxy) is 1. The molecule has 0 amide bonds. The summed E-state index contributed by atoms with van der Waals surface area (Å²) < 4.78 is 4.98. The van der Waals surface area contributed by atoms with Gasteiger partial charge in [-0.15, -0.1) is 0 Å². The summed E-state index contributed by atoms with van der Waals surface area (Å²) in [4.78, 5) is 21.5. The number of phenolic OH excluding ortho intramolecular Hbond substituents is 1. The van der Waals surface area contributed by atoms with Gasteiger partial charge in [-0.25, -0.2) is 4.79 Å². The largest absolute Gasteiger partial charge is 0.504 e. The van der Waals surface area contributed by atoms with E-state index >= 15 is 0 Å². The number of Topliss-reactive ketones (excluding diaryl/α,β-unsaturated/α-hetero) is 1. The van der Waals surface area contributed by atoms with Gasteiger partial charge in [-0.3, -0.25) is 4.79 Å². The number of aryl methyl sites for hydroxylation is 1. The highest BCUT2D eigenvalue weighted by atomic mass is 16.5. The standard InChI is InChI=1S/C14H18O5/c1-9(10(2)15)3-4-11-5-6-12(16)13(7-11)19-8-14(17)18/h5-7,9,16H,3-4,8H2,1-2H3,(H,17,18)/t9-/m0/s1. The summed E-state index contributed by atoms with van der Waals surface area (Å²) in [6.07, 6.45) is 1.38. The number of hydrogen-bond acceptors (Lipinski definition) is 4. The van der Waals surface area contributed by atoms with Crippen LogP contribution in [0.5, 0.6) is 11.5 Å². The summed E-state index contributed by atoms with van der Waals surface area (Å²) in [5.74, 6) is -0.923. The second-order valence-corrected chi connectivity index (χ2v) is 4.53. The number of carboxylic acids is 1. The number of phenols is 1. The number of hydrogen-bond donors (Lipinski definition) is 2. The first-order chi connectivity index (χ1) is 8.90. The molecule has 2 N–H and O–H groups in total. The molecule has 0 aliphatic heterocycles. The highest BCUT2D eigenvalue weighted by molar-refractivity contribution is 5.77. The molecule has 0 bridgehead atoms. The lowest BCUT2D eigenvalue weighted by molar-refractivity contribution is -0.139. The van der Waals surface area contributed by atoms with Crippen LogP contribution in [0.4, 0.5) is 0 Å². The van der Waals surface area contributed by atoms with Crippen LogP contribution in [0.2, 0.25) is 0 Å². The van der Waals surface area contributed by atoms with E-state index in [0.29, 0.717) is 12.8 Å². The molecule has 0 heterocycles. The number of aromatic hydroxyl groups is 1. The van der Waals surface area contributed by atoms with Gasteiger partial charge in [-0.05, 0) is 37.5 Å². The maximum Gasteiger partial charge on any atom is 0.341 e. The van der Waals surface area contributed by atoms with Crippen molar-refractivity contribution in [3.8, 4) is 11.5 Å². The molecule has 0 fully saturated rings. The van der Waals surface area contributed by atoms with Gasteiger partial charge in [0.15, 0.2) is 18.1 Å². The van der Waals surface area contributed by atoms with E-state index in [1.165, 1.54) is 6.07 Å². The number of aliphatic carboxylic acids is 1. The van der Waals surface area contributed by atoms with Crippen LogP contribution < -0.4 is 4.74 Å². The van der Waals surface area contributed by atoms with Crippen LogP contribution in [0.1, 0.15) is 25.8 Å². The zero-order valence-electron chi connectivity index (χ0n) is 11.0. The van der Waals surface area contributed by atoms with Crippen LogP contribution in [0.15, 0.2) is 18.2 Å². The minimum atomic E-state index is -1.10. The molecule has 0 spiro atoms. The summed E-state index contributed by atoms with van der Waals surface area (Å²) in [5.41, 5.74) is 0.895. The fourth-order valence-corrected chi connectivity index (χ4v) is 1.56. The smallest absolute Gasteiger partial charge is 0.341 e. The number of rotatable bonds is 7. The Kier molecular flexibility index (Phi) is 5.36. The fourth-order valence-electron chi connectivity index (χ4n) is 1.56. The van der Waals surface area contributed by atoms with E-state index in [1.54, 1.807) is 19.1 Å². The van der Waals surface area contributed by atoms with Gasteiger partial charge in [-0.1, -0.05) is 13.0 Å². The Balaban J connectivity index is 2.67. The maximum atomic E-state index is 11.1. The molecule has 0 aromatic heterocycles. The van der Waals surface area contributed by atoms with Crippen molar-refractivity contribution < 1.29 is 24.5 Å². The first kappa shape index (κ1) is 15.0. The van der Waals surface area contributed by atoms with Gasteiger partial charge in [0.1, 0.15) is 5.78 Å². The Morgan fingerprint density at radius 1 is 1.37 bits per heavy atom. The molecule has 1 aromatic carbocycles. The Labute approximate surface area is 111 Å². The third-order valence-electron chi connectivity index (χ3n) is 2.94. The normalized spacial score (nSPS) is 11.9. The van der Waals surface area contributed by atoms with Gasteiger partial charge in [0.25, 0.3) is 0 Å². The number of carbonyl (C=O) groups is 2. The molecule has 0 saturated heterocycles. The molecule has 0 radical (unpaired) electrons. The molecule has 5 nitrogen and oxygen atoms in total. The van der Waals surface area contributed by atoms with Crippen molar-refractivity contribution in [1.29, 1.82) is 0 Å². The van der Waals surface area contributed by atoms with Crippen molar-refractivity contribution in [2.24, 2.45) is 5.92 Å². The first-order valence-electron chi connectivity index (χ1n) is 6.07. The van der Waals surface area contributed by atoms with E-state index in [2.05, 4.69) is 0 Å². The quantitative estimate of drug-likeness (QED) is 0.788. The molecule has 104 valence electrons. The van der Waals surface area contributed by atoms with Gasteiger partial charge in [-0.2, -0.15) is 0 Å². The average molecular weight is 266 g/mol. The van der Waals surface area contributed by atoms with Crippen LogP contribution in [0.25, 0.3) is 0 Å². The Morgan fingerprint density at radius 3 is 2.63 bits per heavy atom. The molecule has 0 unspecified atom stereocenters. The summed E-state index contributed by atoms with van der Waals surface area (Å²) in [6.45, 7) is 2.92. The van der Waals surface area contributed by atoms with E-state index in [4.69, 9.17) is 9.84 Å². The van der Waals surface area contributed by atoms with Crippen molar-refractivity contribution in [3.05, 3.63) is 23.8 Å².